The van der Waals surface area contributed by atoms with E-state index in [1.807, 2.05) is 13.8 Å². The normalized spacial score (nSPS) is 21.6. The summed E-state index contributed by atoms with van der Waals surface area (Å²) < 4.78 is 0. The Morgan fingerprint density at radius 1 is 1.41 bits per heavy atom. The minimum absolute atomic E-state index is 0.0527. The lowest BCUT2D eigenvalue weighted by Crippen LogP contribution is -2.66. The number of carbonyl (C=O) groups is 3. The molecule has 3 amide bonds. The van der Waals surface area contributed by atoms with Gasteiger partial charge in [-0.15, -0.1) is 11.3 Å². The topological polar surface area (TPSA) is 82.6 Å². The minimum atomic E-state index is -0.571. The number of nitrogens with zero attached hydrogens (tertiary/aromatic N) is 3. The first-order valence-corrected chi connectivity index (χ1v) is 8.15. The lowest BCUT2D eigenvalue weighted by molar-refractivity contribution is -0.148. The quantitative estimate of drug-likeness (QED) is 0.817. The van der Waals surface area contributed by atoms with E-state index in [2.05, 4.69) is 10.3 Å². The number of aromatic nitrogens is 1. The first-order chi connectivity index (χ1) is 10.5. The third-order valence-electron chi connectivity index (χ3n) is 4.04. The number of thiazole rings is 1. The Morgan fingerprint density at radius 2 is 2.18 bits per heavy atom. The molecule has 1 aromatic rings. The standard InChI is InChI=1S/C14H18N4O3S/c1-3-10-16-8(2)12(22-10)14(21)17-4-5-18-9(7-17)13(20)15-6-11(18)19/h9H,3-7H2,1-2H3,(H,15,20)/t9-/m1/s1. The summed E-state index contributed by atoms with van der Waals surface area (Å²) in [6.07, 6.45) is 0.798. The summed E-state index contributed by atoms with van der Waals surface area (Å²) in [6, 6.07) is -0.571. The van der Waals surface area contributed by atoms with Crippen LogP contribution in [-0.4, -0.2) is 64.7 Å². The van der Waals surface area contributed by atoms with Crippen LogP contribution in [-0.2, 0) is 16.0 Å². The first-order valence-electron chi connectivity index (χ1n) is 7.34. The average molecular weight is 322 g/mol. The summed E-state index contributed by atoms with van der Waals surface area (Å²) in [4.78, 5) is 44.7. The molecule has 118 valence electrons. The number of amides is 3. The molecule has 1 aromatic heterocycles. The molecule has 0 spiro atoms. The predicted molar refractivity (Wildman–Crippen MR) is 80.6 cm³/mol. The van der Waals surface area contributed by atoms with Gasteiger partial charge in [0, 0.05) is 13.1 Å². The smallest absolute Gasteiger partial charge is 0.266 e. The Labute approximate surface area is 132 Å². The van der Waals surface area contributed by atoms with E-state index in [0.717, 1.165) is 17.1 Å². The summed E-state index contributed by atoms with van der Waals surface area (Å²) in [5.74, 6) is -0.369. The SMILES string of the molecule is CCc1nc(C)c(C(=O)N2CCN3C(=O)CNC(=O)[C@H]3C2)s1. The van der Waals surface area contributed by atoms with E-state index in [0.29, 0.717) is 18.0 Å². The molecule has 1 atom stereocenters. The molecule has 8 heteroatoms. The van der Waals surface area contributed by atoms with Crippen molar-refractivity contribution >= 4 is 29.1 Å². The largest absolute Gasteiger partial charge is 0.345 e. The van der Waals surface area contributed by atoms with E-state index < -0.39 is 6.04 Å². The van der Waals surface area contributed by atoms with E-state index in [1.165, 1.54) is 11.3 Å². The molecule has 0 aromatic carbocycles. The van der Waals surface area contributed by atoms with E-state index >= 15 is 0 Å². The maximum Gasteiger partial charge on any atom is 0.266 e. The van der Waals surface area contributed by atoms with Gasteiger partial charge in [-0.2, -0.15) is 0 Å². The molecule has 0 radical (unpaired) electrons. The van der Waals surface area contributed by atoms with Crippen LogP contribution in [0.3, 0.4) is 0 Å². The summed E-state index contributed by atoms with van der Waals surface area (Å²) in [5.41, 5.74) is 0.735. The van der Waals surface area contributed by atoms with Gasteiger partial charge in [0.15, 0.2) is 0 Å². The molecule has 2 aliphatic heterocycles. The highest BCUT2D eigenvalue weighted by Gasteiger charge is 2.40. The van der Waals surface area contributed by atoms with Gasteiger partial charge in [-0.1, -0.05) is 6.92 Å². The van der Waals surface area contributed by atoms with Crippen LogP contribution >= 0.6 is 11.3 Å². The van der Waals surface area contributed by atoms with Gasteiger partial charge in [0.1, 0.15) is 10.9 Å². The lowest BCUT2D eigenvalue weighted by atomic mass is 10.1. The Bertz CT molecular complexity index is 642. The zero-order chi connectivity index (χ0) is 15.9. The molecule has 7 nitrogen and oxygen atoms in total. The summed E-state index contributed by atoms with van der Waals surface area (Å²) in [7, 11) is 0. The highest BCUT2D eigenvalue weighted by Crippen LogP contribution is 2.22. The van der Waals surface area contributed by atoms with Crippen LogP contribution in [0, 0.1) is 6.92 Å². The molecule has 0 saturated carbocycles. The van der Waals surface area contributed by atoms with Crippen molar-refractivity contribution in [1.29, 1.82) is 0 Å². The zero-order valence-corrected chi connectivity index (χ0v) is 13.4. The van der Waals surface area contributed by atoms with Crippen molar-refractivity contribution in [1.82, 2.24) is 20.1 Å². The van der Waals surface area contributed by atoms with Crippen molar-refractivity contribution in [2.45, 2.75) is 26.3 Å². The van der Waals surface area contributed by atoms with Crippen molar-refractivity contribution in [3.8, 4) is 0 Å². The number of aryl methyl sites for hydroxylation is 2. The molecule has 0 aliphatic carbocycles. The van der Waals surface area contributed by atoms with Crippen LogP contribution in [0.4, 0.5) is 0 Å². The molecule has 3 rings (SSSR count). The number of carbonyl (C=O) groups excluding carboxylic acids is 3. The Kier molecular flexibility index (Phi) is 3.86. The highest BCUT2D eigenvalue weighted by atomic mass is 32.1. The fraction of sp³-hybridized carbons (Fsp3) is 0.571. The third-order valence-corrected chi connectivity index (χ3v) is 5.33. The number of hydrogen-bond acceptors (Lipinski definition) is 5. The molecule has 22 heavy (non-hydrogen) atoms. The van der Waals surface area contributed by atoms with E-state index in [4.69, 9.17) is 0 Å². The molecular formula is C14H18N4O3S. The molecule has 0 unspecified atom stereocenters. The maximum absolute atomic E-state index is 12.7. The number of piperazine rings is 2. The van der Waals surface area contributed by atoms with E-state index in [-0.39, 0.29) is 30.8 Å². The van der Waals surface area contributed by atoms with E-state index in [1.54, 1.807) is 9.80 Å². The molecule has 1 N–H and O–H groups in total. The second-order valence-corrected chi connectivity index (χ2v) is 6.53. The van der Waals surface area contributed by atoms with Gasteiger partial charge < -0.3 is 15.1 Å². The van der Waals surface area contributed by atoms with Gasteiger partial charge in [-0.25, -0.2) is 4.98 Å². The molecule has 3 heterocycles. The van der Waals surface area contributed by atoms with Crippen LogP contribution in [0.5, 0.6) is 0 Å². The van der Waals surface area contributed by atoms with Gasteiger partial charge >= 0.3 is 0 Å². The Hall–Kier alpha value is -1.96. The average Bonchev–Trinajstić information content (AvgIpc) is 2.91. The summed E-state index contributed by atoms with van der Waals surface area (Å²) in [6.45, 7) is 4.99. The molecule has 2 saturated heterocycles. The predicted octanol–water partition coefficient (Wildman–Crippen LogP) is -0.203. The lowest BCUT2D eigenvalue weighted by Gasteiger charge is -2.42. The van der Waals surface area contributed by atoms with Crippen LogP contribution < -0.4 is 5.32 Å². The van der Waals surface area contributed by atoms with Crippen molar-refractivity contribution < 1.29 is 14.4 Å². The van der Waals surface area contributed by atoms with Crippen LogP contribution in [0.1, 0.15) is 27.3 Å². The van der Waals surface area contributed by atoms with Crippen molar-refractivity contribution in [2.24, 2.45) is 0 Å². The van der Waals surface area contributed by atoms with Crippen molar-refractivity contribution in [2.75, 3.05) is 26.2 Å². The van der Waals surface area contributed by atoms with Gasteiger partial charge in [-0.3, -0.25) is 14.4 Å². The van der Waals surface area contributed by atoms with Crippen LogP contribution in [0.2, 0.25) is 0 Å². The monoisotopic (exact) mass is 322 g/mol. The Morgan fingerprint density at radius 3 is 2.86 bits per heavy atom. The second kappa shape index (κ2) is 5.68. The zero-order valence-electron chi connectivity index (χ0n) is 12.6. The highest BCUT2D eigenvalue weighted by molar-refractivity contribution is 7.13. The fourth-order valence-corrected chi connectivity index (χ4v) is 3.79. The molecule has 0 bridgehead atoms. The van der Waals surface area contributed by atoms with Crippen LogP contribution in [0.25, 0.3) is 0 Å². The second-order valence-electron chi connectivity index (χ2n) is 5.45. The van der Waals surface area contributed by atoms with Gasteiger partial charge in [0.2, 0.25) is 11.8 Å². The number of rotatable bonds is 2. The molecule has 2 fully saturated rings. The molecular weight excluding hydrogens is 304 g/mol. The molecule has 2 aliphatic rings. The fourth-order valence-electron chi connectivity index (χ4n) is 2.82. The van der Waals surface area contributed by atoms with Gasteiger partial charge in [-0.05, 0) is 13.3 Å². The van der Waals surface area contributed by atoms with E-state index in [9.17, 15) is 14.4 Å². The minimum Gasteiger partial charge on any atom is -0.345 e. The van der Waals surface area contributed by atoms with Gasteiger partial charge in [0.25, 0.3) is 5.91 Å². The van der Waals surface area contributed by atoms with Gasteiger partial charge in [0.05, 0.1) is 23.8 Å². The van der Waals surface area contributed by atoms with Crippen molar-refractivity contribution in [3.05, 3.63) is 15.6 Å². The summed E-state index contributed by atoms with van der Waals surface area (Å²) >= 11 is 1.41. The number of hydrogen-bond donors (Lipinski definition) is 1. The number of fused-ring (bicyclic) bond motifs is 1. The third kappa shape index (κ3) is 2.47. The maximum atomic E-state index is 12.7. The van der Waals surface area contributed by atoms with Crippen molar-refractivity contribution in [3.63, 3.8) is 0 Å². The summed E-state index contributed by atoms with van der Waals surface area (Å²) in [5, 5.41) is 3.51. The Balaban J connectivity index is 1.78. The number of nitrogens with one attached hydrogen (secondary N) is 1. The van der Waals surface area contributed by atoms with Crippen LogP contribution in [0.15, 0.2) is 0 Å². The first kappa shape index (κ1) is 15.0.